The predicted octanol–water partition coefficient (Wildman–Crippen LogP) is 2.87. The lowest BCUT2D eigenvalue weighted by Crippen LogP contribution is -2.36. The Morgan fingerprint density at radius 1 is 1.22 bits per heavy atom. The van der Waals surface area contributed by atoms with Gasteiger partial charge in [0, 0.05) is 25.1 Å². The first kappa shape index (κ1) is 15.5. The smallest absolute Gasteiger partial charge is 0.259 e. The van der Waals surface area contributed by atoms with Crippen LogP contribution < -0.4 is 4.73 Å². The van der Waals surface area contributed by atoms with Crippen LogP contribution in [0.15, 0.2) is 48.8 Å². The van der Waals surface area contributed by atoms with Crippen LogP contribution in [0.4, 0.5) is 4.39 Å². The van der Waals surface area contributed by atoms with Crippen molar-refractivity contribution in [3.05, 3.63) is 70.9 Å². The molecule has 0 aliphatic carbocycles. The van der Waals surface area contributed by atoms with Crippen LogP contribution >= 0.6 is 0 Å². The Kier molecular flexibility index (Phi) is 4.55. The third-order valence-electron chi connectivity index (χ3n) is 4.32. The SMILES string of the molecule is O=C(c1ccc[n+]([O-])c1)N1CCCCC(c2ccc(F)cc2)C1. The first-order chi connectivity index (χ1) is 11.1. The summed E-state index contributed by atoms with van der Waals surface area (Å²) in [7, 11) is 0. The minimum atomic E-state index is -0.250. The number of carbonyl (C=O) groups is 1. The van der Waals surface area contributed by atoms with Crippen molar-refractivity contribution in [3.63, 3.8) is 0 Å². The lowest BCUT2D eigenvalue weighted by atomic mass is 9.94. The number of carbonyl (C=O) groups excluding carboxylic acids is 1. The molecule has 1 aliphatic rings. The summed E-state index contributed by atoms with van der Waals surface area (Å²) in [6, 6.07) is 9.75. The van der Waals surface area contributed by atoms with Crippen LogP contribution in [-0.2, 0) is 0 Å². The molecule has 1 unspecified atom stereocenters. The molecule has 1 saturated heterocycles. The fraction of sp³-hybridized carbons (Fsp3) is 0.333. The van der Waals surface area contributed by atoms with Crippen LogP contribution in [0, 0.1) is 11.0 Å². The second-order valence-electron chi connectivity index (χ2n) is 5.95. The van der Waals surface area contributed by atoms with Crippen molar-refractivity contribution in [2.75, 3.05) is 13.1 Å². The van der Waals surface area contributed by atoms with Gasteiger partial charge in [-0.1, -0.05) is 18.6 Å². The zero-order valence-electron chi connectivity index (χ0n) is 12.8. The minimum Gasteiger partial charge on any atom is -0.619 e. The van der Waals surface area contributed by atoms with Crippen molar-refractivity contribution < 1.29 is 13.9 Å². The van der Waals surface area contributed by atoms with Crippen LogP contribution in [0.1, 0.15) is 41.1 Å². The number of rotatable bonds is 2. The lowest BCUT2D eigenvalue weighted by Gasteiger charge is -2.24. The van der Waals surface area contributed by atoms with Crippen LogP contribution in [0.25, 0.3) is 0 Å². The van der Waals surface area contributed by atoms with E-state index in [2.05, 4.69) is 0 Å². The maximum Gasteiger partial charge on any atom is 0.259 e. The van der Waals surface area contributed by atoms with E-state index in [-0.39, 0.29) is 17.6 Å². The number of hydrogen-bond donors (Lipinski definition) is 0. The van der Waals surface area contributed by atoms with E-state index in [1.54, 1.807) is 29.2 Å². The van der Waals surface area contributed by atoms with Crippen molar-refractivity contribution in [1.29, 1.82) is 0 Å². The molecule has 1 atom stereocenters. The van der Waals surface area contributed by atoms with E-state index in [1.165, 1.54) is 24.5 Å². The third kappa shape index (κ3) is 3.67. The van der Waals surface area contributed by atoms with E-state index in [9.17, 15) is 14.4 Å². The van der Waals surface area contributed by atoms with Crippen molar-refractivity contribution in [2.45, 2.75) is 25.2 Å². The van der Waals surface area contributed by atoms with E-state index < -0.39 is 0 Å². The highest BCUT2D eigenvalue weighted by Crippen LogP contribution is 2.27. The zero-order chi connectivity index (χ0) is 16.2. The molecule has 4 nitrogen and oxygen atoms in total. The Labute approximate surface area is 134 Å². The molecule has 1 aromatic carbocycles. The van der Waals surface area contributed by atoms with Gasteiger partial charge in [0.25, 0.3) is 5.91 Å². The van der Waals surface area contributed by atoms with Gasteiger partial charge in [-0.15, -0.1) is 0 Å². The molecule has 2 heterocycles. The predicted molar refractivity (Wildman–Crippen MR) is 84.3 cm³/mol. The molecule has 3 rings (SSSR count). The third-order valence-corrected chi connectivity index (χ3v) is 4.32. The number of benzene rings is 1. The fourth-order valence-corrected chi connectivity index (χ4v) is 3.10. The first-order valence-corrected chi connectivity index (χ1v) is 7.87. The minimum absolute atomic E-state index is 0.121. The van der Waals surface area contributed by atoms with E-state index in [1.807, 2.05) is 0 Å². The van der Waals surface area contributed by atoms with Gasteiger partial charge in [0.05, 0.1) is 0 Å². The lowest BCUT2D eigenvalue weighted by molar-refractivity contribution is -0.605. The van der Waals surface area contributed by atoms with Crippen molar-refractivity contribution in [2.24, 2.45) is 0 Å². The van der Waals surface area contributed by atoms with Crippen molar-refractivity contribution >= 4 is 5.91 Å². The standard InChI is InChI=1S/C18H19FN2O2/c19-17-8-6-14(7-9-17)15-4-1-2-10-20(12-15)18(22)16-5-3-11-21(23)13-16/h3,5-9,11,13,15H,1-2,4,10,12H2. The summed E-state index contributed by atoms with van der Waals surface area (Å²) in [5, 5.41) is 11.4. The highest BCUT2D eigenvalue weighted by molar-refractivity contribution is 5.93. The van der Waals surface area contributed by atoms with E-state index in [0.29, 0.717) is 23.4 Å². The Bertz CT molecular complexity index is 688. The van der Waals surface area contributed by atoms with Crippen molar-refractivity contribution in [1.82, 2.24) is 4.90 Å². The number of nitrogens with zero attached hydrogens (tertiary/aromatic N) is 2. The van der Waals surface area contributed by atoms with Crippen LogP contribution in [0.2, 0.25) is 0 Å². The van der Waals surface area contributed by atoms with Gasteiger partial charge in [-0.3, -0.25) is 4.79 Å². The van der Waals surface area contributed by atoms with Gasteiger partial charge in [-0.25, -0.2) is 4.39 Å². The number of halogens is 1. The Hall–Kier alpha value is -2.43. The summed E-state index contributed by atoms with van der Waals surface area (Å²) in [6.07, 6.45) is 5.61. The van der Waals surface area contributed by atoms with E-state index in [4.69, 9.17) is 0 Å². The maximum absolute atomic E-state index is 13.1. The number of aromatic nitrogens is 1. The number of hydrogen-bond acceptors (Lipinski definition) is 2. The molecule has 0 bridgehead atoms. The summed E-state index contributed by atoms with van der Waals surface area (Å²) in [5.74, 6) is -0.172. The van der Waals surface area contributed by atoms with E-state index in [0.717, 1.165) is 24.8 Å². The molecule has 1 amide bonds. The van der Waals surface area contributed by atoms with Gasteiger partial charge in [-0.2, -0.15) is 4.73 Å². The summed E-state index contributed by atoms with van der Waals surface area (Å²) >= 11 is 0. The largest absolute Gasteiger partial charge is 0.619 e. The van der Waals surface area contributed by atoms with Gasteiger partial charge in [0.1, 0.15) is 11.4 Å². The molecule has 0 spiro atoms. The Morgan fingerprint density at radius 2 is 2.00 bits per heavy atom. The van der Waals surface area contributed by atoms with Crippen LogP contribution in [0.5, 0.6) is 0 Å². The average Bonchev–Trinajstić information content (AvgIpc) is 2.81. The molecule has 120 valence electrons. The normalized spacial score (nSPS) is 18.5. The molecule has 0 radical (unpaired) electrons. The second-order valence-corrected chi connectivity index (χ2v) is 5.95. The quantitative estimate of drug-likeness (QED) is 0.632. The van der Waals surface area contributed by atoms with Gasteiger partial charge in [0.2, 0.25) is 0 Å². The second kappa shape index (κ2) is 6.77. The average molecular weight is 314 g/mol. The molecule has 2 aromatic rings. The number of pyridine rings is 1. The Morgan fingerprint density at radius 3 is 2.74 bits per heavy atom. The summed E-state index contributed by atoms with van der Waals surface area (Å²) in [5.41, 5.74) is 1.46. The zero-order valence-corrected chi connectivity index (χ0v) is 12.8. The Balaban J connectivity index is 1.79. The molecular weight excluding hydrogens is 295 g/mol. The molecule has 0 N–H and O–H groups in total. The topological polar surface area (TPSA) is 47.2 Å². The molecule has 0 saturated carbocycles. The van der Waals surface area contributed by atoms with Crippen molar-refractivity contribution in [3.8, 4) is 0 Å². The molecule has 5 heteroatoms. The molecular formula is C18H19FN2O2. The number of amides is 1. The van der Waals surface area contributed by atoms with Crippen LogP contribution in [0.3, 0.4) is 0 Å². The summed E-state index contributed by atoms with van der Waals surface area (Å²) < 4.78 is 13.7. The molecule has 1 aliphatic heterocycles. The summed E-state index contributed by atoms with van der Waals surface area (Å²) in [4.78, 5) is 14.5. The molecule has 1 aromatic heterocycles. The van der Waals surface area contributed by atoms with Crippen LogP contribution in [-0.4, -0.2) is 23.9 Å². The highest BCUT2D eigenvalue weighted by atomic mass is 19.1. The fourth-order valence-electron chi connectivity index (χ4n) is 3.10. The first-order valence-electron chi connectivity index (χ1n) is 7.87. The van der Waals surface area contributed by atoms with E-state index >= 15 is 0 Å². The molecule has 23 heavy (non-hydrogen) atoms. The molecule has 1 fully saturated rings. The van der Waals surface area contributed by atoms with Gasteiger partial charge in [0.15, 0.2) is 12.4 Å². The highest BCUT2D eigenvalue weighted by Gasteiger charge is 2.25. The monoisotopic (exact) mass is 314 g/mol. The summed E-state index contributed by atoms with van der Waals surface area (Å²) in [6.45, 7) is 1.28. The van der Waals surface area contributed by atoms with Gasteiger partial charge >= 0.3 is 0 Å². The number of likely N-dealkylation sites (tertiary alicyclic amines) is 1. The van der Waals surface area contributed by atoms with Gasteiger partial charge in [-0.05, 0) is 36.6 Å². The maximum atomic E-state index is 13.1. The van der Waals surface area contributed by atoms with Gasteiger partial charge < -0.3 is 10.1 Å².